The van der Waals surface area contributed by atoms with Crippen LogP contribution in [-0.2, 0) is 13.0 Å². The lowest BCUT2D eigenvalue weighted by Crippen LogP contribution is -2.31. The van der Waals surface area contributed by atoms with Crippen LogP contribution in [0.5, 0.6) is 5.75 Å². The van der Waals surface area contributed by atoms with E-state index in [0.717, 1.165) is 12.0 Å². The van der Waals surface area contributed by atoms with Crippen molar-refractivity contribution in [2.75, 3.05) is 0 Å². The number of halogens is 1. The molecule has 0 aromatic heterocycles. The van der Waals surface area contributed by atoms with Crippen LogP contribution in [-0.4, -0.2) is 5.60 Å². The van der Waals surface area contributed by atoms with E-state index < -0.39 is 5.60 Å². The number of hydrogen-bond donors (Lipinski definition) is 1. The maximum absolute atomic E-state index is 13.4. The third-order valence-electron chi connectivity index (χ3n) is 3.11. The average Bonchev–Trinajstić information content (AvgIpc) is 2.39. The van der Waals surface area contributed by atoms with E-state index in [1.807, 2.05) is 32.0 Å². The monoisotopic (exact) mass is 273 g/mol. The van der Waals surface area contributed by atoms with E-state index >= 15 is 0 Å². The van der Waals surface area contributed by atoms with Gasteiger partial charge in [-0.3, -0.25) is 0 Å². The predicted molar refractivity (Wildman–Crippen MR) is 79.1 cm³/mol. The zero-order valence-corrected chi connectivity index (χ0v) is 11.9. The van der Waals surface area contributed by atoms with Crippen molar-refractivity contribution in [3.05, 3.63) is 65.5 Å². The molecule has 0 fully saturated rings. The zero-order chi connectivity index (χ0) is 14.6. The van der Waals surface area contributed by atoms with Gasteiger partial charge in [0.2, 0.25) is 0 Å². The maximum Gasteiger partial charge on any atom is 0.127 e. The Morgan fingerprint density at radius 2 is 1.80 bits per heavy atom. The molecule has 2 N–H and O–H groups in total. The van der Waals surface area contributed by atoms with Gasteiger partial charge >= 0.3 is 0 Å². The van der Waals surface area contributed by atoms with Gasteiger partial charge in [0.15, 0.2) is 0 Å². The van der Waals surface area contributed by atoms with E-state index in [1.165, 1.54) is 17.7 Å². The zero-order valence-electron chi connectivity index (χ0n) is 11.9. The van der Waals surface area contributed by atoms with Crippen LogP contribution in [0.15, 0.2) is 48.5 Å². The first kappa shape index (κ1) is 14.5. The van der Waals surface area contributed by atoms with Gasteiger partial charge in [-0.2, -0.15) is 0 Å². The Bertz CT molecular complexity index is 566. The fraction of sp³-hybridized carbons (Fsp3) is 0.294. The molecule has 2 aromatic carbocycles. The Morgan fingerprint density at radius 3 is 2.45 bits per heavy atom. The summed E-state index contributed by atoms with van der Waals surface area (Å²) < 4.78 is 19.4. The standard InChI is InChI=1S/C17H20FNO/c1-17(2,11-13-6-4-3-5-7-13)20-16-10-15(18)9-8-14(16)12-19/h3-10H,11-12,19H2,1-2H3. The summed E-state index contributed by atoms with van der Waals surface area (Å²) in [6.45, 7) is 4.31. The summed E-state index contributed by atoms with van der Waals surface area (Å²) >= 11 is 0. The number of nitrogens with two attached hydrogens (primary N) is 1. The first-order chi connectivity index (χ1) is 9.50. The highest BCUT2D eigenvalue weighted by Crippen LogP contribution is 2.26. The number of benzene rings is 2. The Labute approximate surface area is 119 Å². The summed E-state index contributed by atoms with van der Waals surface area (Å²) in [7, 11) is 0. The highest BCUT2D eigenvalue weighted by molar-refractivity contribution is 5.34. The van der Waals surface area contributed by atoms with Crippen LogP contribution < -0.4 is 10.5 Å². The van der Waals surface area contributed by atoms with Gasteiger partial charge in [0, 0.05) is 24.6 Å². The second-order valence-corrected chi connectivity index (χ2v) is 5.48. The lowest BCUT2D eigenvalue weighted by molar-refractivity contribution is 0.108. The van der Waals surface area contributed by atoms with E-state index in [-0.39, 0.29) is 5.82 Å². The van der Waals surface area contributed by atoms with Gasteiger partial charge in [-0.05, 0) is 25.5 Å². The van der Waals surface area contributed by atoms with Crippen molar-refractivity contribution in [1.82, 2.24) is 0 Å². The van der Waals surface area contributed by atoms with Crippen LogP contribution in [0.3, 0.4) is 0 Å². The molecular weight excluding hydrogens is 253 g/mol. The summed E-state index contributed by atoms with van der Waals surface area (Å²) in [5.41, 5.74) is 7.23. The van der Waals surface area contributed by atoms with Crippen molar-refractivity contribution in [3.63, 3.8) is 0 Å². The van der Waals surface area contributed by atoms with Crippen molar-refractivity contribution < 1.29 is 9.13 Å². The molecule has 0 aliphatic rings. The van der Waals surface area contributed by atoms with Crippen molar-refractivity contribution in [3.8, 4) is 5.75 Å². The van der Waals surface area contributed by atoms with Crippen LogP contribution in [0.1, 0.15) is 25.0 Å². The SMILES string of the molecule is CC(C)(Cc1ccccc1)Oc1cc(F)ccc1CN. The normalized spacial score (nSPS) is 11.4. The summed E-state index contributed by atoms with van der Waals surface area (Å²) in [4.78, 5) is 0. The third-order valence-corrected chi connectivity index (χ3v) is 3.11. The predicted octanol–water partition coefficient (Wildman–Crippen LogP) is 3.68. The Morgan fingerprint density at radius 1 is 1.10 bits per heavy atom. The van der Waals surface area contributed by atoms with E-state index in [4.69, 9.17) is 10.5 Å². The molecule has 0 amide bonds. The third kappa shape index (κ3) is 3.81. The average molecular weight is 273 g/mol. The van der Waals surface area contributed by atoms with Crippen molar-refractivity contribution in [1.29, 1.82) is 0 Å². The topological polar surface area (TPSA) is 35.2 Å². The van der Waals surface area contributed by atoms with E-state index in [9.17, 15) is 4.39 Å². The van der Waals surface area contributed by atoms with Crippen LogP contribution in [0.4, 0.5) is 4.39 Å². The Kier molecular flexibility index (Phi) is 4.40. The van der Waals surface area contributed by atoms with Crippen molar-refractivity contribution >= 4 is 0 Å². The molecule has 20 heavy (non-hydrogen) atoms. The van der Waals surface area contributed by atoms with E-state index in [2.05, 4.69) is 12.1 Å². The van der Waals surface area contributed by atoms with Gasteiger partial charge in [-0.15, -0.1) is 0 Å². The van der Waals surface area contributed by atoms with Crippen LogP contribution in [0, 0.1) is 5.82 Å². The molecule has 3 heteroatoms. The lowest BCUT2D eigenvalue weighted by Gasteiger charge is -2.28. The van der Waals surface area contributed by atoms with E-state index in [0.29, 0.717) is 12.3 Å². The van der Waals surface area contributed by atoms with Gasteiger partial charge in [0.05, 0.1) is 0 Å². The lowest BCUT2D eigenvalue weighted by atomic mass is 9.98. The minimum absolute atomic E-state index is 0.312. The Hall–Kier alpha value is -1.87. The smallest absolute Gasteiger partial charge is 0.127 e. The minimum Gasteiger partial charge on any atom is -0.487 e. The Balaban J connectivity index is 2.17. The van der Waals surface area contributed by atoms with Crippen molar-refractivity contribution in [2.24, 2.45) is 5.73 Å². The minimum atomic E-state index is -0.431. The molecule has 0 saturated carbocycles. The number of ether oxygens (including phenoxy) is 1. The molecule has 2 aromatic rings. The largest absolute Gasteiger partial charge is 0.487 e. The molecule has 0 atom stereocenters. The summed E-state index contributed by atoms with van der Waals surface area (Å²) in [6, 6.07) is 14.6. The number of rotatable bonds is 5. The van der Waals surface area contributed by atoms with Crippen LogP contribution in [0.2, 0.25) is 0 Å². The van der Waals surface area contributed by atoms with E-state index in [1.54, 1.807) is 6.07 Å². The maximum atomic E-state index is 13.4. The molecule has 0 aliphatic heterocycles. The molecule has 0 unspecified atom stereocenters. The fourth-order valence-corrected chi connectivity index (χ4v) is 2.21. The van der Waals surface area contributed by atoms with Crippen LogP contribution in [0.25, 0.3) is 0 Å². The van der Waals surface area contributed by atoms with Crippen molar-refractivity contribution in [2.45, 2.75) is 32.4 Å². The molecule has 0 radical (unpaired) electrons. The second kappa shape index (κ2) is 6.06. The molecule has 2 rings (SSSR count). The van der Waals surface area contributed by atoms with Crippen LogP contribution >= 0.6 is 0 Å². The second-order valence-electron chi connectivity index (χ2n) is 5.48. The highest BCUT2D eigenvalue weighted by Gasteiger charge is 2.22. The summed E-state index contributed by atoms with van der Waals surface area (Å²) in [5, 5.41) is 0. The fourth-order valence-electron chi connectivity index (χ4n) is 2.21. The van der Waals surface area contributed by atoms with Gasteiger partial charge < -0.3 is 10.5 Å². The molecular formula is C17H20FNO. The molecule has 0 saturated heterocycles. The summed E-state index contributed by atoms with van der Waals surface area (Å²) in [6.07, 6.45) is 0.744. The van der Waals surface area contributed by atoms with Gasteiger partial charge in [0.25, 0.3) is 0 Å². The quantitative estimate of drug-likeness (QED) is 0.901. The molecule has 0 aliphatic carbocycles. The van der Waals surface area contributed by atoms with Gasteiger partial charge in [-0.25, -0.2) is 4.39 Å². The first-order valence-electron chi connectivity index (χ1n) is 6.71. The molecule has 0 bridgehead atoms. The first-order valence-corrected chi connectivity index (χ1v) is 6.71. The summed E-state index contributed by atoms with van der Waals surface area (Å²) in [5.74, 6) is 0.209. The molecule has 0 heterocycles. The molecule has 2 nitrogen and oxygen atoms in total. The molecule has 106 valence electrons. The molecule has 0 spiro atoms. The number of hydrogen-bond acceptors (Lipinski definition) is 2. The van der Waals surface area contributed by atoms with Gasteiger partial charge in [-0.1, -0.05) is 36.4 Å². The highest BCUT2D eigenvalue weighted by atomic mass is 19.1. The van der Waals surface area contributed by atoms with Gasteiger partial charge in [0.1, 0.15) is 17.2 Å².